The smallest absolute Gasteiger partial charge is 0.170 e. The molecule has 3 rings (SSSR count). The van der Waals surface area contributed by atoms with Crippen LogP contribution in [-0.2, 0) is 0 Å². The molecule has 0 radical (unpaired) electrons. The molecule has 0 aliphatic heterocycles. The fourth-order valence-corrected chi connectivity index (χ4v) is 2.05. The number of carbonyl (C=O) groups excluding carboxylic acids is 1. The number of imidazole rings is 1. The molecule has 0 unspecified atom stereocenters. The number of hydrogen-bond acceptors (Lipinski definition) is 3. The molecule has 88 valence electrons. The lowest BCUT2D eigenvalue weighted by Gasteiger charge is -2.02. The van der Waals surface area contributed by atoms with E-state index in [1.807, 2.05) is 37.4 Å². The highest BCUT2D eigenvalue weighted by atomic mass is 16.1. The average molecular weight is 237 g/mol. The molecule has 2 heterocycles. The molecule has 0 bridgehead atoms. The van der Waals surface area contributed by atoms with Crippen LogP contribution in [-0.4, -0.2) is 21.2 Å². The van der Waals surface area contributed by atoms with Gasteiger partial charge in [-0.05, 0) is 18.4 Å². The SMILES string of the molecule is Cc1[nH]c(-c2cccc3cnccc23)nc1C=O. The predicted molar refractivity (Wildman–Crippen MR) is 69.4 cm³/mol. The lowest BCUT2D eigenvalue weighted by atomic mass is 10.1. The molecule has 0 aliphatic rings. The number of aromatic amines is 1. The number of pyridine rings is 1. The summed E-state index contributed by atoms with van der Waals surface area (Å²) >= 11 is 0. The third-order valence-corrected chi connectivity index (χ3v) is 2.97. The normalized spacial score (nSPS) is 10.7. The first kappa shape index (κ1) is 10.7. The number of nitrogens with one attached hydrogen (secondary N) is 1. The molecule has 4 heteroatoms. The van der Waals surface area contributed by atoms with Crippen LogP contribution in [0.2, 0.25) is 0 Å². The van der Waals surface area contributed by atoms with Crippen molar-refractivity contribution in [2.75, 3.05) is 0 Å². The van der Waals surface area contributed by atoms with E-state index in [4.69, 9.17) is 0 Å². The summed E-state index contributed by atoms with van der Waals surface area (Å²) in [7, 11) is 0. The number of benzene rings is 1. The Hall–Kier alpha value is -2.49. The molecule has 0 saturated carbocycles. The van der Waals surface area contributed by atoms with Crippen molar-refractivity contribution in [3.8, 4) is 11.4 Å². The van der Waals surface area contributed by atoms with Gasteiger partial charge in [0.2, 0.25) is 0 Å². The summed E-state index contributed by atoms with van der Waals surface area (Å²) in [5.41, 5.74) is 2.22. The lowest BCUT2D eigenvalue weighted by molar-refractivity contribution is 0.111. The van der Waals surface area contributed by atoms with Crippen LogP contribution >= 0.6 is 0 Å². The standard InChI is InChI=1S/C14H11N3O/c1-9-13(8-18)17-14(16-9)12-4-2-3-10-7-15-6-5-11(10)12/h2-8H,1H3,(H,16,17). The van der Waals surface area contributed by atoms with Gasteiger partial charge in [-0.2, -0.15) is 0 Å². The first-order valence-electron chi connectivity index (χ1n) is 5.64. The van der Waals surface area contributed by atoms with Gasteiger partial charge in [0.15, 0.2) is 6.29 Å². The van der Waals surface area contributed by atoms with Crippen molar-refractivity contribution in [3.05, 3.63) is 48.0 Å². The van der Waals surface area contributed by atoms with E-state index >= 15 is 0 Å². The summed E-state index contributed by atoms with van der Waals surface area (Å²) in [6, 6.07) is 7.89. The zero-order valence-corrected chi connectivity index (χ0v) is 9.84. The van der Waals surface area contributed by atoms with Crippen LogP contribution in [0.1, 0.15) is 16.2 Å². The third-order valence-electron chi connectivity index (χ3n) is 2.97. The Labute approximate surface area is 104 Å². The van der Waals surface area contributed by atoms with Gasteiger partial charge < -0.3 is 4.98 Å². The van der Waals surface area contributed by atoms with E-state index < -0.39 is 0 Å². The van der Waals surface area contributed by atoms with Crippen molar-refractivity contribution >= 4 is 17.1 Å². The van der Waals surface area contributed by atoms with Crippen molar-refractivity contribution < 1.29 is 4.79 Å². The van der Waals surface area contributed by atoms with Crippen molar-refractivity contribution in [2.45, 2.75) is 6.92 Å². The minimum atomic E-state index is 0.455. The second kappa shape index (κ2) is 4.07. The van der Waals surface area contributed by atoms with Gasteiger partial charge in [0.05, 0.1) is 0 Å². The van der Waals surface area contributed by atoms with Crippen LogP contribution < -0.4 is 0 Å². The van der Waals surface area contributed by atoms with Crippen molar-refractivity contribution in [3.63, 3.8) is 0 Å². The van der Waals surface area contributed by atoms with Crippen molar-refractivity contribution in [2.24, 2.45) is 0 Å². The molecule has 1 aromatic carbocycles. The van der Waals surface area contributed by atoms with Crippen molar-refractivity contribution in [1.29, 1.82) is 0 Å². The molecule has 0 fully saturated rings. The van der Waals surface area contributed by atoms with Gasteiger partial charge in [-0.15, -0.1) is 0 Å². The number of aromatic nitrogens is 3. The van der Waals surface area contributed by atoms with Gasteiger partial charge in [0, 0.05) is 29.0 Å². The van der Waals surface area contributed by atoms with Gasteiger partial charge >= 0.3 is 0 Å². The number of aryl methyl sites for hydroxylation is 1. The fraction of sp³-hybridized carbons (Fsp3) is 0.0714. The summed E-state index contributed by atoms with van der Waals surface area (Å²) in [5.74, 6) is 0.714. The number of fused-ring (bicyclic) bond motifs is 1. The zero-order chi connectivity index (χ0) is 12.5. The van der Waals surface area contributed by atoms with E-state index in [1.165, 1.54) is 0 Å². The van der Waals surface area contributed by atoms with E-state index in [0.717, 1.165) is 28.3 Å². The number of rotatable bonds is 2. The van der Waals surface area contributed by atoms with Crippen LogP contribution in [0.4, 0.5) is 0 Å². The molecular weight excluding hydrogens is 226 g/mol. The topological polar surface area (TPSA) is 58.6 Å². The maximum atomic E-state index is 10.8. The highest BCUT2D eigenvalue weighted by Crippen LogP contribution is 2.26. The molecule has 0 aliphatic carbocycles. The van der Waals surface area contributed by atoms with E-state index in [1.54, 1.807) is 6.20 Å². The fourth-order valence-electron chi connectivity index (χ4n) is 2.05. The summed E-state index contributed by atoms with van der Waals surface area (Å²) < 4.78 is 0. The van der Waals surface area contributed by atoms with Crippen LogP contribution in [0.15, 0.2) is 36.7 Å². The first-order chi connectivity index (χ1) is 8.79. The van der Waals surface area contributed by atoms with Gasteiger partial charge in [0.1, 0.15) is 11.5 Å². The minimum absolute atomic E-state index is 0.455. The lowest BCUT2D eigenvalue weighted by Crippen LogP contribution is -1.85. The second-order valence-corrected chi connectivity index (χ2v) is 4.12. The monoisotopic (exact) mass is 237 g/mol. The Morgan fingerprint density at radius 2 is 2.17 bits per heavy atom. The van der Waals surface area contributed by atoms with E-state index in [9.17, 15) is 4.79 Å². The number of hydrogen-bond donors (Lipinski definition) is 1. The molecule has 0 atom stereocenters. The molecule has 0 spiro atoms. The van der Waals surface area contributed by atoms with Crippen LogP contribution in [0.25, 0.3) is 22.2 Å². The second-order valence-electron chi connectivity index (χ2n) is 4.12. The highest BCUT2D eigenvalue weighted by molar-refractivity contribution is 5.94. The summed E-state index contributed by atoms with van der Waals surface area (Å²) in [6.45, 7) is 1.84. The zero-order valence-electron chi connectivity index (χ0n) is 9.84. The Bertz CT molecular complexity index is 725. The molecule has 0 amide bonds. The number of carbonyl (C=O) groups is 1. The molecule has 0 saturated heterocycles. The molecule has 3 aromatic rings. The summed E-state index contributed by atoms with van der Waals surface area (Å²) in [5, 5.41) is 2.12. The molecule has 2 aromatic heterocycles. The predicted octanol–water partition coefficient (Wildman–Crippen LogP) is 2.75. The molecule has 18 heavy (non-hydrogen) atoms. The third kappa shape index (κ3) is 1.59. The Balaban J connectivity index is 2.27. The number of nitrogens with zero attached hydrogens (tertiary/aromatic N) is 2. The minimum Gasteiger partial charge on any atom is -0.341 e. The van der Waals surface area contributed by atoms with E-state index in [0.29, 0.717) is 11.5 Å². The van der Waals surface area contributed by atoms with E-state index in [-0.39, 0.29) is 0 Å². The average Bonchev–Trinajstić information content (AvgIpc) is 2.79. The van der Waals surface area contributed by atoms with Gasteiger partial charge in [-0.3, -0.25) is 9.78 Å². The molecule has 4 nitrogen and oxygen atoms in total. The van der Waals surface area contributed by atoms with Crippen LogP contribution in [0, 0.1) is 6.92 Å². The maximum Gasteiger partial charge on any atom is 0.170 e. The number of aldehydes is 1. The summed E-state index contributed by atoms with van der Waals surface area (Å²) in [6.07, 6.45) is 4.33. The number of H-pyrrole nitrogens is 1. The highest BCUT2D eigenvalue weighted by Gasteiger charge is 2.10. The first-order valence-corrected chi connectivity index (χ1v) is 5.64. The van der Waals surface area contributed by atoms with Crippen LogP contribution in [0.5, 0.6) is 0 Å². The van der Waals surface area contributed by atoms with E-state index in [2.05, 4.69) is 15.0 Å². The Morgan fingerprint density at radius 1 is 1.28 bits per heavy atom. The summed E-state index contributed by atoms with van der Waals surface area (Å²) in [4.78, 5) is 22.4. The van der Waals surface area contributed by atoms with Crippen LogP contribution in [0.3, 0.4) is 0 Å². The Morgan fingerprint density at radius 3 is 2.94 bits per heavy atom. The largest absolute Gasteiger partial charge is 0.341 e. The van der Waals surface area contributed by atoms with Gasteiger partial charge in [0.25, 0.3) is 0 Å². The van der Waals surface area contributed by atoms with Gasteiger partial charge in [-0.25, -0.2) is 4.98 Å². The van der Waals surface area contributed by atoms with Crippen molar-refractivity contribution in [1.82, 2.24) is 15.0 Å². The molecule has 1 N–H and O–H groups in total. The Kier molecular flexibility index (Phi) is 2.41. The quantitative estimate of drug-likeness (QED) is 0.697. The maximum absolute atomic E-state index is 10.8. The van der Waals surface area contributed by atoms with Gasteiger partial charge in [-0.1, -0.05) is 18.2 Å². The molecular formula is C14H11N3O.